The Bertz CT molecular complexity index is 1800. The van der Waals surface area contributed by atoms with Gasteiger partial charge in [-0.15, -0.1) is 0 Å². The fraction of sp³-hybridized carbons (Fsp3) is 0.176. The van der Waals surface area contributed by atoms with Crippen molar-refractivity contribution in [2.45, 2.75) is 13.5 Å². The molecule has 1 N–H and O–H groups in total. The summed E-state index contributed by atoms with van der Waals surface area (Å²) in [6.45, 7) is 3.62. The predicted octanol–water partition coefficient (Wildman–Crippen LogP) is 7.39. The van der Waals surface area contributed by atoms with Gasteiger partial charge in [0.2, 0.25) is 0 Å². The van der Waals surface area contributed by atoms with Crippen LogP contribution in [0.5, 0.6) is 5.75 Å². The monoisotopic (exact) mass is 594 g/mol. The molecule has 2 heterocycles. The van der Waals surface area contributed by atoms with Crippen molar-refractivity contribution < 1.29 is 18.8 Å². The maximum absolute atomic E-state index is 13.9. The molecule has 0 radical (unpaired) electrons. The number of amides is 1. The smallest absolute Gasteiger partial charge is 0.280 e. The van der Waals surface area contributed by atoms with Crippen LogP contribution in [0.1, 0.15) is 34.0 Å². The second kappa shape index (κ2) is 10.3. The number of carbonyl (C=O) groups is 2. The summed E-state index contributed by atoms with van der Waals surface area (Å²) < 4.78 is 6.28. The minimum absolute atomic E-state index is 0.00737. The average Bonchev–Trinajstić information content (AvgIpc) is 3.40. The van der Waals surface area contributed by atoms with Crippen molar-refractivity contribution in [3.05, 3.63) is 117 Å². The number of rotatable bonds is 5. The highest BCUT2D eigenvalue weighted by Gasteiger charge is 2.47. The van der Waals surface area contributed by atoms with Crippen LogP contribution in [0.2, 0.25) is 5.02 Å². The van der Waals surface area contributed by atoms with E-state index in [0.717, 1.165) is 45.3 Å². The van der Waals surface area contributed by atoms with Crippen LogP contribution in [0.3, 0.4) is 0 Å². The van der Waals surface area contributed by atoms with E-state index in [1.54, 1.807) is 24.9 Å². The molecule has 0 saturated carbocycles. The molecule has 1 aliphatic carbocycles. The number of ketones is 1. The lowest BCUT2D eigenvalue weighted by Gasteiger charge is -2.37. The van der Waals surface area contributed by atoms with E-state index in [-0.39, 0.29) is 18.2 Å². The van der Waals surface area contributed by atoms with Crippen LogP contribution >= 0.6 is 23.4 Å². The normalized spacial score (nSPS) is 18.6. The van der Waals surface area contributed by atoms with Crippen molar-refractivity contribution in [2.75, 3.05) is 36.4 Å². The Hall–Kier alpha value is -4.04. The van der Waals surface area contributed by atoms with Gasteiger partial charge in [-0.05, 0) is 66.6 Å². The molecule has 0 bridgehead atoms. The fourth-order valence-corrected chi connectivity index (χ4v) is 7.84. The molecule has 0 spiro atoms. The first-order valence-electron chi connectivity index (χ1n) is 13.8. The van der Waals surface area contributed by atoms with Gasteiger partial charge in [-0.3, -0.25) is 14.1 Å². The van der Waals surface area contributed by atoms with Gasteiger partial charge < -0.3 is 15.0 Å². The average molecular weight is 595 g/mol. The third-order valence-electron chi connectivity index (χ3n) is 8.38. The minimum Gasteiger partial charge on any atom is -0.496 e. The molecule has 0 unspecified atom stereocenters. The maximum atomic E-state index is 13.9. The number of benzene rings is 4. The summed E-state index contributed by atoms with van der Waals surface area (Å²) in [6.07, 6.45) is 0. The van der Waals surface area contributed by atoms with Crippen LogP contribution in [-0.2, 0) is 11.3 Å². The van der Waals surface area contributed by atoms with Gasteiger partial charge in [0.15, 0.2) is 24.7 Å². The van der Waals surface area contributed by atoms with Gasteiger partial charge in [0.25, 0.3) is 5.91 Å². The van der Waals surface area contributed by atoms with Crippen LogP contribution < -0.4 is 15.0 Å². The number of halogens is 1. The van der Waals surface area contributed by atoms with Crippen LogP contribution in [0.25, 0.3) is 16.8 Å². The number of quaternary nitrogens is 1. The molecule has 4 aromatic carbocycles. The van der Waals surface area contributed by atoms with E-state index in [9.17, 15) is 9.59 Å². The molecule has 6 nitrogen and oxygen atoms in total. The predicted molar refractivity (Wildman–Crippen MR) is 170 cm³/mol. The molecule has 1 amide bonds. The van der Waals surface area contributed by atoms with Crippen molar-refractivity contribution in [3.63, 3.8) is 0 Å². The number of hydrogen-bond donors (Lipinski definition) is 1. The van der Waals surface area contributed by atoms with E-state index in [2.05, 4.69) is 23.2 Å². The van der Waals surface area contributed by atoms with E-state index in [0.29, 0.717) is 39.5 Å². The zero-order valence-corrected chi connectivity index (χ0v) is 24.9. The molecular formula is C34H29ClN3O3S+. The van der Waals surface area contributed by atoms with Crippen LogP contribution in [0.15, 0.2) is 89.8 Å². The number of hydrogen-bond acceptors (Lipinski definition) is 5. The van der Waals surface area contributed by atoms with E-state index in [1.165, 1.54) is 4.91 Å². The van der Waals surface area contributed by atoms with Gasteiger partial charge in [-0.2, -0.15) is 0 Å². The first kappa shape index (κ1) is 26.8. The lowest BCUT2D eigenvalue weighted by atomic mass is 10.0. The Labute approximate surface area is 254 Å². The Morgan fingerprint density at radius 3 is 2.48 bits per heavy atom. The SMILES string of the molecule is COc1cccc2c1CN(c1ccc(Cl)cc1)C[N@@+]1(CC(=O)Nc3ccc4c(c3)C(=O)c3ccccc3-4)CSC(C)=C21. The van der Waals surface area contributed by atoms with E-state index in [4.69, 9.17) is 16.3 Å². The number of nitrogens with zero attached hydrogens (tertiary/aromatic N) is 2. The van der Waals surface area contributed by atoms with Crippen molar-refractivity contribution in [2.24, 2.45) is 0 Å². The summed E-state index contributed by atoms with van der Waals surface area (Å²) in [5, 5.41) is 3.80. The molecule has 0 aromatic heterocycles. The third kappa shape index (κ3) is 4.40. The van der Waals surface area contributed by atoms with Gasteiger partial charge in [0, 0.05) is 43.6 Å². The van der Waals surface area contributed by atoms with Crippen LogP contribution in [-0.4, -0.2) is 42.4 Å². The summed E-state index contributed by atoms with van der Waals surface area (Å²) in [7, 11) is 1.70. The van der Waals surface area contributed by atoms with Crippen molar-refractivity contribution in [3.8, 4) is 16.9 Å². The zero-order chi connectivity index (χ0) is 29.0. The van der Waals surface area contributed by atoms with Gasteiger partial charge >= 0.3 is 0 Å². The fourth-order valence-electron chi connectivity index (χ4n) is 6.53. The number of nitrogens with one attached hydrogen (secondary N) is 1. The highest BCUT2D eigenvalue weighted by atomic mass is 35.5. The second-order valence-corrected chi connectivity index (χ2v) is 12.6. The summed E-state index contributed by atoms with van der Waals surface area (Å²) in [5.41, 5.74) is 8.19. The van der Waals surface area contributed by atoms with Crippen LogP contribution in [0, 0.1) is 0 Å². The molecule has 1 atom stereocenters. The Morgan fingerprint density at radius 2 is 1.69 bits per heavy atom. The van der Waals surface area contributed by atoms with E-state index >= 15 is 0 Å². The molecule has 8 heteroatoms. The highest BCUT2D eigenvalue weighted by Crippen LogP contribution is 2.49. The van der Waals surface area contributed by atoms with Crippen molar-refractivity contribution in [1.82, 2.24) is 0 Å². The number of anilines is 2. The molecule has 3 aliphatic rings. The van der Waals surface area contributed by atoms with Crippen LogP contribution in [0.4, 0.5) is 11.4 Å². The largest absolute Gasteiger partial charge is 0.496 e. The standard InChI is InChI=1S/C34H28ClN3O3S/c1-21-33-27-8-5-9-31(41-2)30(27)17-37(24-13-10-22(35)11-14-24)19-38(33,20-42-21)18-32(39)36-23-12-15-26-25-6-3-4-7-28(25)34(40)29(26)16-23/h3-16H,17-20H2,1-2H3/p+1/t38-/m0/s1. The lowest BCUT2D eigenvalue weighted by Crippen LogP contribution is -2.53. The molecule has 42 heavy (non-hydrogen) atoms. The van der Waals surface area contributed by atoms with Gasteiger partial charge in [-0.1, -0.05) is 59.8 Å². The number of allylic oxidation sites excluding steroid dienone is 1. The third-order valence-corrected chi connectivity index (χ3v) is 9.88. The summed E-state index contributed by atoms with van der Waals surface area (Å²) >= 11 is 8.02. The molecule has 0 fully saturated rings. The van der Waals surface area contributed by atoms with Crippen molar-refractivity contribution >= 4 is 52.1 Å². The molecule has 4 aromatic rings. The molecule has 210 valence electrons. The Balaban J connectivity index is 1.24. The first-order chi connectivity index (χ1) is 20.4. The van der Waals surface area contributed by atoms with E-state index < -0.39 is 0 Å². The molecule has 2 aliphatic heterocycles. The van der Waals surface area contributed by atoms with Gasteiger partial charge in [0.05, 0.1) is 13.7 Å². The topological polar surface area (TPSA) is 58.6 Å². The first-order valence-corrected chi connectivity index (χ1v) is 15.2. The summed E-state index contributed by atoms with van der Waals surface area (Å²) in [6, 6.07) is 27.3. The van der Waals surface area contributed by atoms with Gasteiger partial charge in [-0.25, -0.2) is 0 Å². The minimum atomic E-state index is -0.104. The molecule has 0 saturated heterocycles. The Kier molecular flexibility index (Phi) is 6.61. The van der Waals surface area contributed by atoms with Crippen molar-refractivity contribution in [1.29, 1.82) is 0 Å². The van der Waals surface area contributed by atoms with Gasteiger partial charge in [0.1, 0.15) is 11.6 Å². The number of carbonyl (C=O) groups excluding carboxylic acids is 2. The summed E-state index contributed by atoms with van der Waals surface area (Å²) in [4.78, 5) is 30.4. The summed E-state index contributed by atoms with van der Waals surface area (Å²) in [5.74, 6) is 1.45. The number of thioether (sulfide) groups is 1. The highest BCUT2D eigenvalue weighted by molar-refractivity contribution is 8.03. The second-order valence-electron chi connectivity index (χ2n) is 11.0. The lowest BCUT2D eigenvalue weighted by molar-refractivity contribution is -0.835. The quantitative estimate of drug-likeness (QED) is 0.215. The maximum Gasteiger partial charge on any atom is 0.280 e. The Morgan fingerprint density at radius 1 is 0.952 bits per heavy atom. The van der Waals surface area contributed by atoms with E-state index in [1.807, 2.05) is 72.8 Å². The zero-order valence-electron chi connectivity index (χ0n) is 23.3. The number of methoxy groups -OCH3 is 1. The number of ether oxygens (including phenoxy) is 1. The molecular weight excluding hydrogens is 566 g/mol. The molecule has 7 rings (SSSR count). The number of fused-ring (bicyclic) bond motifs is 6.